The molecule has 0 aliphatic heterocycles. The summed E-state index contributed by atoms with van der Waals surface area (Å²) >= 11 is 0. The number of rotatable bonds is 8. The summed E-state index contributed by atoms with van der Waals surface area (Å²) < 4.78 is 10.9. The Morgan fingerprint density at radius 2 is 1.62 bits per heavy atom. The number of nitrogens with one attached hydrogen (secondary N) is 1. The Labute approximate surface area is 184 Å². The van der Waals surface area contributed by atoms with E-state index in [9.17, 15) is 19.7 Å². The van der Waals surface area contributed by atoms with Crippen LogP contribution < -0.4 is 10.1 Å². The van der Waals surface area contributed by atoms with Gasteiger partial charge in [-0.15, -0.1) is 0 Å². The van der Waals surface area contributed by atoms with Gasteiger partial charge in [0, 0.05) is 6.07 Å². The number of amides is 1. The molecule has 0 aromatic heterocycles. The van der Waals surface area contributed by atoms with E-state index in [-0.39, 0.29) is 23.5 Å². The maximum absolute atomic E-state index is 12.6. The van der Waals surface area contributed by atoms with E-state index in [1.54, 1.807) is 37.3 Å². The second kappa shape index (κ2) is 10.2. The SMILES string of the molecule is Cc1ccccc1COc1ccccc1C(=O)OCC(=O)Nc1c(C)cccc1[N+](=O)[O-]. The maximum Gasteiger partial charge on any atom is 0.342 e. The fourth-order valence-electron chi connectivity index (χ4n) is 3.04. The van der Waals surface area contributed by atoms with Gasteiger partial charge in [0.2, 0.25) is 0 Å². The van der Waals surface area contributed by atoms with Gasteiger partial charge in [-0.25, -0.2) is 4.79 Å². The molecule has 0 saturated heterocycles. The summed E-state index contributed by atoms with van der Waals surface area (Å²) in [7, 11) is 0. The van der Waals surface area contributed by atoms with Crippen LogP contribution in [0.3, 0.4) is 0 Å². The number of esters is 1. The van der Waals surface area contributed by atoms with Gasteiger partial charge in [0.25, 0.3) is 11.6 Å². The number of carbonyl (C=O) groups is 2. The molecule has 1 amide bonds. The Morgan fingerprint density at radius 3 is 2.38 bits per heavy atom. The second-order valence-corrected chi connectivity index (χ2v) is 7.06. The van der Waals surface area contributed by atoms with Gasteiger partial charge in [-0.3, -0.25) is 14.9 Å². The minimum Gasteiger partial charge on any atom is -0.488 e. The summed E-state index contributed by atoms with van der Waals surface area (Å²) in [6.07, 6.45) is 0. The van der Waals surface area contributed by atoms with Gasteiger partial charge in [-0.05, 0) is 42.7 Å². The zero-order chi connectivity index (χ0) is 23.1. The number of para-hydroxylation sites is 2. The molecule has 8 heteroatoms. The Balaban J connectivity index is 1.64. The van der Waals surface area contributed by atoms with Crippen LogP contribution in [0.5, 0.6) is 5.75 Å². The topological polar surface area (TPSA) is 108 Å². The van der Waals surface area contributed by atoms with Crippen molar-refractivity contribution in [1.29, 1.82) is 0 Å². The molecule has 0 spiro atoms. The van der Waals surface area contributed by atoms with Gasteiger partial charge >= 0.3 is 5.97 Å². The normalized spacial score (nSPS) is 10.3. The van der Waals surface area contributed by atoms with Crippen molar-refractivity contribution in [3.8, 4) is 5.75 Å². The predicted octanol–water partition coefficient (Wildman–Crippen LogP) is 4.59. The van der Waals surface area contributed by atoms with Crippen molar-refractivity contribution < 1.29 is 24.0 Å². The standard InChI is InChI=1S/C24H22N2O6/c1-16-8-3-4-10-18(16)14-31-21-13-6-5-11-19(21)24(28)32-15-22(27)25-23-17(2)9-7-12-20(23)26(29)30/h3-13H,14-15H2,1-2H3,(H,25,27). The van der Waals surface area contributed by atoms with Gasteiger partial charge in [0.05, 0.1) is 4.92 Å². The van der Waals surface area contributed by atoms with Crippen molar-refractivity contribution in [1.82, 2.24) is 0 Å². The molecule has 0 aliphatic rings. The Kier molecular flexibility index (Phi) is 7.17. The van der Waals surface area contributed by atoms with Crippen LogP contribution in [0.15, 0.2) is 66.7 Å². The Bertz CT molecular complexity index is 1160. The highest BCUT2D eigenvalue weighted by Gasteiger charge is 2.20. The molecule has 0 saturated carbocycles. The monoisotopic (exact) mass is 434 g/mol. The first-order chi connectivity index (χ1) is 15.4. The van der Waals surface area contributed by atoms with Crippen LogP contribution in [-0.4, -0.2) is 23.4 Å². The number of carbonyl (C=O) groups excluding carboxylic acids is 2. The van der Waals surface area contributed by atoms with Crippen LogP contribution in [0.2, 0.25) is 0 Å². The first-order valence-corrected chi connectivity index (χ1v) is 9.84. The minimum atomic E-state index is -0.736. The van der Waals surface area contributed by atoms with Crippen molar-refractivity contribution in [2.45, 2.75) is 20.5 Å². The lowest BCUT2D eigenvalue weighted by molar-refractivity contribution is -0.384. The second-order valence-electron chi connectivity index (χ2n) is 7.06. The predicted molar refractivity (Wildman–Crippen MR) is 119 cm³/mol. The van der Waals surface area contributed by atoms with E-state index in [1.807, 2.05) is 31.2 Å². The van der Waals surface area contributed by atoms with E-state index >= 15 is 0 Å². The highest BCUT2D eigenvalue weighted by Crippen LogP contribution is 2.27. The molecule has 0 aliphatic carbocycles. The van der Waals surface area contributed by atoms with Crippen LogP contribution in [0, 0.1) is 24.0 Å². The number of nitro groups is 1. The van der Waals surface area contributed by atoms with Gasteiger partial charge in [-0.1, -0.05) is 48.5 Å². The summed E-state index contributed by atoms with van der Waals surface area (Å²) in [5, 5.41) is 13.6. The van der Waals surface area contributed by atoms with Crippen molar-refractivity contribution in [3.63, 3.8) is 0 Å². The molecule has 164 valence electrons. The number of nitrogens with zero attached hydrogens (tertiary/aromatic N) is 1. The van der Waals surface area contributed by atoms with Crippen molar-refractivity contribution in [2.75, 3.05) is 11.9 Å². The van der Waals surface area contributed by atoms with E-state index in [4.69, 9.17) is 9.47 Å². The molecule has 3 rings (SSSR count). The van der Waals surface area contributed by atoms with Crippen molar-refractivity contribution in [2.24, 2.45) is 0 Å². The lowest BCUT2D eigenvalue weighted by atomic mass is 10.1. The molecular formula is C24H22N2O6. The molecule has 0 atom stereocenters. The number of anilines is 1. The fourth-order valence-corrected chi connectivity index (χ4v) is 3.04. The molecule has 3 aromatic carbocycles. The lowest BCUT2D eigenvalue weighted by Crippen LogP contribution is -2.22. The molecule has 0 unspecified atom stereocenters. The van der Waals surface area contributed by atoms with Gasteiger partial charge in [0.1, 0.15) is 23.6 Å². The van der Waals surface area contributed by atoms with E-state index in [0.29, 0.717) is 11.3 Å². The number of ether oxygens (including phenoxy) is 2. The summed E-state index contributed by atoms with van der Waals surface area (Å²) in [5.74, 6) is -1.09. The first kappa shape index (κ1) is 22.5. The smallest absolute Gasteiger partial charge is 0.342 e. The minimum absolute atomic E-state index is 0.0699. The third-order valence-corrected chi connectivity index (χ3v) is 4.80. The summed E-state index contributed by atoms with van der Waals surface area (Å²) in [6.45, 7) is 3.28. The van der Waals surface area contributed by atoms with Crippen molar-refractivity contribution >= 4 is 23.3 Å². The third-order valence-electron chi connectivity index (χ3n) is 4.80. The van der Waals surface area contributed by atoms with Crippen molar-refractivity contribution in [3.05, 3.63) is 99.1 Å². The average Bonchev–Trinajstić information content (AvgIpc) is 2.78. The van der Waals surface area contributed by atoms with Crippen LogP contribution >= 0.6 is 0 Å². The zero-order valence-corrected chi connectivity index (χ0v) is 17.7. The van der Waals surface area contributed by atoms with E-state index in [2.05, 4.69) is 5.32 Å². The highest BCUT2D eigenvalue weighted by molar-refractivity contribution is 5.98. The molecule has 8 nitrogen and oxygen atoms in total. The highest BCUT2D eigenvalue weighted by atomic mass is 16.6. The van der Waals surface area contributed by atoms with Gasteiger partial charge in [-0.2, -0.15) is 0 Å². The summed E-state index contributed by atoms with van der Waals surface area (Å²) in [6, 6.07) is 18.8. The van der Waals surface area contributed by atoms with Gasteiger partial charge < -0.3 is 14.8 Å². The molecular weight excluding hydrogens is 412 g/mol. The number of aryl methyl sites for hydroxylation is 2. The van der Waals surface area contributed by atoms with Crippen LogP contribution in [0.25, 0.3) is 0 Å². The number of nitro benzene ring substituents is 1. The van der Waals surface area contributed by atoms with E-state index < -0.39 is 23.4 Å². The maximum atomic E-state index is 12.6. The van der Waals surface area contributed by atoms with Crippen LogP contribution in [0.4, 0.5) is 11.4 Å². The van der Waals surface area contributed by atoms with Crippen LogP contribution in [-0.2, 0) is 16.1 Å². The number of hydrogen-bond acceptors (Lipinski definition) is 6. The quantitative estimate of drug-likeness (QED) is 0.316. The summed E-state index contributed by atoms with van der Waals surface area (Å²) in [4.78, 5) is 35.4. The van der Waals surface area contributed by atoms with E-state index in [0.717, 1.165) is 11.1 Å². The fraction of sp³-hybridized carbons (Fsp3) is 0.167. The van der Waals surface area contributed by atoms with Gasteiger partial charge in [0.15, 0.2) is 6.61 Å². The molecule has 3 aromatic rings. The van der Waals surface area contributed by atoms with Crippen LogP contribution in [0.1, 0.15) is 27.0 Å². The zero-order valence-electron chi connectivity index (χ0n) is 17.7. The molecule has 1 N–H and O–H groups in total. The third kappa shape index (κ3) is 5.48. The number of benzene rings is 3. The average molecular weight is 434 g/mol. The molecule has 0 fully saturated rings. The molecule has 0 radical (unpaired) electrons. The largest absolute Gasteiger partial charge is 0.488 e. The lowest BCUT2D eigenvalue weighted by Gasteiger charge is -2.13. The first-order valence-electron chi connectivity index (χ1n) is 9.84. The Hall–Kier alpha value is -4.20. The molecule has 0 bridgehead atoms. The Morgan fingerprint density at radius 1 is 0.938 bits per heavy atom. The molecule has 0 heterocycles. The molecule has 32 heavy (non-hydrogen) atoms. The number of hydrogen-bond donors (Lipinski definition) is 1. The van der Waals surface area contributed by atoms with E-state index in [1.165, 1.54) is 12.1 Å². The summed E-state index contributed by atoms with van der Waals surface area (Å²) in [5.41, 5.74) is 2.58.